The average Bonchev–Trinajstić information content (AvgIpc) is 2.90. The molecule has 0 bridgehead atoms. The van der Waals surface area contributed by atoms with Crippen molar-refractivity contribution in [2.24, 2.45) is 0 Å². The molecule has 23 heavy (non-hydrogen) atoms. The molecule has 0 spiro atoms. The highest BCUT2D eigenvalue weighted by Gasteiger charge is 2.27. The number of hydrogen-bond donors (Lipinski definition) is 0. The van der Waals surface area contributed by atoms with Gasteiger partial charge in [-0.25, -0.2) is 0 Å². The summed E-state index contributed by atoms with van der Waals surface area (Å²) in [5, 5.41) is 2.57. The van der Waals surface area contributed by atoms with Gasteiger partial charge in [0.1, 0.15) is 0 Å². The van der Waals surface area contributed by atoms with Crippen molar-refractivity contribution in [2.75, 3.05) is 0 Å². The van der Waals surface area contributed by atoms with Crippen molar-refractivity contribution >= 4 is 54.1 Å². The van der Waals surface area contributed by atoms with Gasteiger partial charge >= 0.3 is 0 Å². The maximum Gasteiger partial charge on any atom is 0.0895 e. The monoisotopic (exact) mass is 360 g/mol. The molecule has 0 saturated carbocycles. The molecule has 1 aliphatic rings. The van der Waals surface area contributed by atoms with E-state index in [0.29, 0.717) is 0 Å². The number of rotatable bonds is 5. The number of thiophene rings is 1. The van der Waals surface area contributed by atoms with Crippen LogP contribution in [-0.2, 0) is 10.8 Å². The Morgan fingerprint density at radius 1 is 1.00 bits per heavy atom. The van der Waals surface area contributed by atoms with Crippen molar-refractivity contribution in [3.63, 3.8) is 0 Å². The van der Waals surface area contributed by atoms with Gasteiger partial charge in [0.05, 0.1) is 15.4 Å². The van der Waals surface area contributed by atoms with Crippen LogP contribution < -0.4 is 0 Å². The van der Waals surface area contributed by atoms with E-state index in [1.54, 1.807) is 0 Å². The van der Waals surface area contributed by atoms with Gasteiger partial charge in [0.25, 0.3) is 0 Å². The summed E-state index contributed by atoms with van der Waals surface area (Å²) in [6, 6.07) is 12.8. The van der Waals surface area contributed by atoms with Crippen LogP contribution in [0.25, 0.3) is 20.2 Å². The van der Waals surface area contributed by atoms with Crippen LogP contribution in [0.2, 0.25) is 0 Å². The fourth-order valence-corrected chi connectivity index (χ4v) is 7.90. The minimum Gasteiger partial charge on any atom is -0.253 e. The van der Waals surface area contributed by atoms with Gasteiger partial charge in [-0.05, 0) is 30.7 Å². The lowest BCUT2D eigenvalue weighted by Crippen LogP contribution is -2.10. The van der Waals surface area contributed by atoms with Crippen molar-refractivity contribution in [1.82, 2.24) is 0 Å². The zero-order valence-corrected chi connectivity index (χ0v) is 15.7. The highest BCUT2D eigenvalue weighted by atomic mass is 32.2. The first-order chi connectivity index (χ1) is 11.3. The molecule has 1 aliphatic heterocycles. The smallest absolute Gasteiger partial charge is 0.0895 e. The Labute approximate surface area is 147 Å². The molecule has 0 N–H and O–H groups in total. The lowest BCUT2D eigenvalue weighted by atomic mass is 10.1. The highest BCUT2D eigenvalue weighted by Crippen LogP contribution is 2.47. The Hall–Kier alpha value is -0.840. The third-order valence-corrected chi connectivity index (χ3v) is 8.97. The third kappa shape index (κ3) is 2.75. The number of benzene rings is 2. The Kier molecular flexibility index (Phi) is 4.48. The molecule has 0 fully saturated rings. The van der Waals surface area contributed by atoms with Crippen LogP contribution in [0.5, 0.6) is 0 Å². The lowest BCUT2D eigenvalue weighted by Gasteiger charge is -2.15. The quantitative estimate of drug-likeness (QED) is 0.479. The van der Waals surface area contributed by atoms with E-state index in [2.05, 4.69) is 43.3 Å². The summed E-state index contributed by atoms with van der Waals surface area (Å²) in [6.45, 7) is 2.23. The summed E-state index contributed by atoms with van der Waals surface area (Å²) in [5.41, 5.74) is 0. The molecule has 120 valence electrons. The molecule has 4 rings (SSSR count). The van der Waals surface area contributed by atoms with Crippen molar-refractivity contribution in [2.45, 2.75) is 53.4 Å². The fourth-order valence-electron chi connectivity index (χ4n) is 3.30. The largest absolute Gasteiger partial charge is 0.253 e. The minimum absolute atomic E-state index is 0.181. The fraction of sp³-hybridized carbons (Fsp3) is 0.368. The lowest BCUT2D eigenvalue weighted by molar-refractivity contribution is 0.640. The van der Waals surface area contributed by atoms with E-state index >= 15 is 0 Å². The van der Waals surface area contributed by atoms with Crippen LogP contribution >= 0.6 is 23.1 Å². The van der Waals surface area contributed by atoms with Crippen molar-refractivity contribution < 1.29 is 4.21 Å². The van der Waals surface area contributed by atoms with E-state index in [0.717, 1.165) is 11.3 Å². The predicted molar refractivity (Wildman–Crippen MR) is 104 cm³/mol. The van der Waals surface area contributed by atoms with Gasteiger partial charge in [-0.3, -0.25) is 4.21 Å². The molecule has 2 unspecified atom stereocenters. The first-order valence-electron chi connectivity index (χ1n) is 8.31. The SMILES string of the molecule is CCCCCCC1Sc2cccc3sc4cccc(c4c23)S1=O. The van der Waals surface area contributed by atoms with Gasteiger partial charge in [-0.2, -0.15) is 0 Å². The van der Waals surface area contributed by atoms with Crippen LogP contribution in [0.3, 0.4) is 0 Å². The molecule has 0 amide bonds. The standard InChI is InChI=1S/C19H20OS3/c1-2-3-4-5-12-17-22-14-9-6-8-13-18(14)19-15(21-13)10-7-11-16(19)23(17)20/h6-11,17H,2-5,12H2,1H3. The maximum atomic E-state index is 13.2. The van der Waals surface area contributed by atoms with E-state index in [-0.39, 0.29) is 4.58 Å². The van der Waals surface area contributed by atoms with Crippen LogP contribution in [0.15, 0.2) is 46.2 Å². The molecule has 4 heteroatoms. The molecule has 0 saturated heterocycles. The third-order valence-electron chi connectivity index (χ3n) is 4.45. The second-order valence-electron chi connectivity index (χ2n) is 6.05. The number of unbranched alkanes of at least 4 members (excludes halogenated alkanes) is 3. The first-order valence-corrected chi connectivity index (χ1v) is 11.2. The van der Waals surface area contributed by atoms with Crippen molar-refractivity contribution in [3.8, 4) is 0 Å². The van der Waals surface area contributed by atoms with Crippen LogP contribution in [0, 0.1) is 0 Å². The molecular weight excluding hydrogens is 340 g/mol. The van der Waals surface area contributed by atoms with E-state index in [1.807, 2.05) is 23.1 Å². The average molecular weight is 361 g/mol. The highest BCUT2D eigenvalue weighted by molar-refractivity contribution is 8.11. The number of hydrogen-bond acceptors (Lipinski definition) is 3. The Morgan fingerprint density at radius 2 is 1.78 bits per heavy atom. The van der Waals surface area contributed by atoms with Gasteiger partial charge in [-0.15, -0.1) is 23.1 Å². The van der Waals surface area contributed by atoms with E-state index in [9.17, 15) is 4.21 Å². The second-order valence-corrected chi connectivity index (χ2v) is 10.3. The summed E-state index contributed by atoms with van der Waals surface area (Å²) >= 11 is 3.65. The molecule has 0 aliphatic carbocycles. The second kappa shape index (κ2) is 6.58. The summed E-state index contributed by atoms with van der Waals surface area (Å²) < 4.78 is 16.0. The topological polar surface area (TPSA) is 17.1 Å². The molecule has 0 radical (unpaired) electrons. The summed E-state index contributed by atoms with van der Waals surface area (Å²) in [6.07, 6.45) is 5.99. The molecular formula is C19H20OS3. The molecule has 2 heterocycles. The molecule has 3 aromatic rings. The summed E-state index contributed by atoms with van der Waals surface area (Å²) in [7, 11) is -0.929. The first kappa shape index (κ1) is 15.7. The Morgan fingerprint density at radius 3 is 2.61 bits per heavy atom. The van der Waals surface area contributed by atoms with Gasteiger partial charge in [-0.1, -0.05) is 44.7 Å². The normalized spacial score (nSPS) is 20.4. The van der Waals surface area contributed by atoms with Gasteiger partial charge < -0.3 is 0 Å². The van der Waals surface area contributed by atoms with E-state index in [4.69, 9.17) is 0 Å². The van der Waals surface area contributed by atoms with Crippen LogP contribution in [0.1, 0.15) is 39.0 Å². The van der Waals surface area contributed by atoms with E-state index in [1.165, 1.54) is 50.8 Å². The molecule has 1 aromatic heterocycles. The zero-order valence-electron chi connectivity index (χ0n) is 13.2. The van der Waals surface area contributed by atoms with Gasteiger partial charge in [0.15, 0.2) is 0 Å². The van der Waals surface area contributed by atoms with E-state index < -0.39 is 10.8 Å². The maximum absolute atomic E-state index is 13.2. The van der Waals surface area contributed by atoms with Crippen molar-refractivity contribution in [1.29, 1.82) is 0 Å². The summed E-state index contributed by atoms with van der Waals surface area (Å²) in [4.78, 5) is 2.36. The summed E-state index contributed by atoms with van der Waals surface area (Å²) in [5.74, 6) is 0. The van der Waals surface area contributed by atoms with Crippen LogP contribution in [-0.4, -0.2) is 8.79 Å². The Balaban J connectivity index is 1.79. The van der Waals surface area contributed by atoms with Gasteiger partial charge in [0, 0.05) is 30.0 Å². The number of thioether (sulfide) groups is 1. The predicted octanol–water partition coefficient (Wildman–Crippen LogP) is 6.56. The molecule has 1 nitrogen and oxygen atoms in total. The zero-order chi connectivity index (χ0) is 15.8. The Bertz CT molecular complexity index is 881. The minimum atomic E-state index is -0.929. The molecule has 2 aromatic carbocycles. The molecule has 2 atom stereocenters. The van der Waals surface area contributed by atoms with Crippen molar-refractivity contribution in [3.05, 3.63) is 36.4 Å². The van der Waals surface area contributed by atoms with Gasteiger partial charge in [0.2, 0.25) is 0 Å². The van der Waals surface area contributed by atoms with Crippen LogP contribution in [0.4, 0.5) is 0 Å².